The van der Waals surface area contributed by atoms with E-state index in [0.29, 0.717) is 22.7 Å². The summed E-state index contributed by atoms with van der Waals surface area (Å²) in [6.07, 6.45) is 0. The van der Waals surface area contributed by atoms with Gasteiger partial charge in [0.15, 0.2) is 0 Å². The van der Waals surface area contributed by atoms with Crippen molar-refractivity contribution in [2.75, 3.05) is 17.7 Å². The standard InChI is InChI=1S/C23H21BrN2O3S/c1-15(30-19-13-9-17(24)10-14-19)22(27)25-18-11-7-16(8-12-18)23(28)26-20-5-3-4-6-21(20)29-2/h3-15H,1-2H3,(H,25,27)(H,26,28). The fraction of sp³-hybridized carbons (Fsp3) is 0.130. The predicted octanol–water partition coefficient (Wildman–Crippen LogP) is 5.83. The van der Waals surface area contributed by atoms with E-state index in [0.717, 1.165) is 9.37 Å². The number of para-hydroxylation sites is 2. The maximum atomic E-state index is 12.5. The molecule has 154 valence electrons. The third-order valence-corrected chi connectivity index (χ3v) is 5.91. The van der Waals surface area contributed by atoms with E-state index in [2.05, 4.69) is 26.6 Å². The smallest absolute Gasteiger partial charge is 0.255 e. The van der Waals surface area contributed by atoms with Crippen molar-refractivity contribution in [2.45, 2.75) is 17.1 Å². The molecule has 0 aliphatic rings. The van der Waals surface area contributed by atoms with Crippen LogP contribution in [0.3, 0.4) is 0 Å². The van der Waals surface area contributed by atoms with Crippen LogP contribution in [-0.4, -0.2) is 24.2 Å². The van der Waals surface area contributed by atoms with Crippen molar-refractivity contribution in [3.05, 3.63) is 82.8 Å². The van der Waals surface area contributed by atoms with Gasteiger partial charge >= 0.3 is 0 Å². The van der Waals surface area contributed by atoms with E-state index in [1.807, 2.05) is 43.3 Å². The molecule has 0 bridgehead atoms. The maximum absolute atomic E-state index is 12.5. The summed E-state index contributed by atoms with van der Waals surface area (Å²) in [6.45, 7) is 1.86. The number of nitrogens with one attached hydrogen (secondary N) is 2. The second-order valence-electron chi connectivity index (χ2n) is 6.44. The minimum Gasteiger partial charge on any atom is -0.495 e. The molecule has 0 spiro atoms. The van der Waals surface area contributed by atoms with Crippen molar-refractivity contribution in [1.82, 2.24) is 0 Å². The molecule has 0 aliphatic carbocycles. The third-order valence-electron chi connectivity index (χ3n) is 4.27. The fourth-order valence-electron chi connectivity index (χ4n) is 2.66. The van der Waals surface area contributed by atoms with Gasteiger partial charge in [-0.15, -0.1) is 11.8 Å². The Morgan fingerprint density at radius 3 is 2.27 bits per heavy atom. The first-order chi connectivity index (χ1) is 14.5. The number of amides is 2. The molecule has 0 fully saturated rings. The topological polar surface area (TPSA) is 67.4 Å². The number of rotatable bonds is 7. The Balaban J connectivity index is 1.58. The van der Waals surface area contributed by atoms with Crippen molar-refractivity contribution < 1.29 is 14.3 Å². The van der Waals surface area contributed by atoms with Gasteiger partial charge in [-0.05, 0) is 67.6 Å². The van der Waals surface area contributed by atoms with Crippen LogP contribution < -0.4 is 15.4 Å². The van der Waals surface area contributed by atoms with Crippen LogP contribution in [-0.2, 0) is 4.79 Å². The summed E-state index contributed by atoms with van der Waals surface area (Å²) in [4.78, 5) is 26.0. The molecule has 1 atom stereocenters. The van der Waals surface area contributed by atoms with Crippen LogP contribution >= 0.6 is 27.7 Å². The first-order valence-electron chi connectivity index (χ1n) is 9.24. The number of halogens is 1. The summed E-state index contributed by atoms with van der Waals surface area (Å²) in [7, 11) is 1.55. The Labute approximate surface area is 188 Å². The van der Waals surface area contributed by atoms with Gasteiger partial charge in [0.2, 0.25) is 5.91 Å². The number of benzene rings is 3. The number of carbonyl (C=O) groups is 2. The average molecular weight is 485 g/mol. The monoisotopic (exact) mass is 484 g/mol. The molecule has 3 aromatic rings. The molecule has 0 radical (unpaired) electrons. The minimum absolute atomic E-state index is 0.103. The number of ether oxygens (including phenoxy) is 1. The molecule has 30 heavy (non-hydrogen) atoms. The Bertz CT molecular complexity index is 1020. The highest BCUT2D eigenvalue weighted by atomic mass is 79.9. The van der Waals surface area contributed by atoms with E-state index in [9.17, 15) is 9.59 Å². The zero-order valence-corrected chi connectivity index (χ0v) is 18.9. The maximum Gasteiger partial charge on any atom is 0.255 e. The quantitative estimate of drug-likeness (QED) is 0.414. The lowest BCUT2D eigenvalue weighted by molar-refractivity contribution is -0.115. The number of hydrogen-bond donors (Lipinski definition) is 2. The molecule has 2 N–H and O–H groups in total. The molecular weight excluding hydrogens is 464 g/mol. The molecule has 1 unspecified atom stereocenters. The number of hydrogen-bond acceptors (Lipinski definition) is 4. The van der Waals surface area contributed by atoms with Gasteiger partial charge in [0.1, 0.15) is 5.75 Å². The highest BCUT2D eigenvalue weighted by molar-refractivity contribution is 9.10. The highest BCUT2D eigenvalue weighted by Gasteiger charge is 2.15. The van der Waals surface area contributed by atoms with Gasteiger partial charge in [-0.2, -0.15) is 0 Å². The Hall–Kier alpha value is -2.77. The Morgan fingerprint density at radius 1 is 0.933 bits per heavy atom. The molecule has 7 heteroatoms. The minimum atomic E-state index is -0.264. The predicted molar refractivity (Wildman–Crippen MR) is 125 cm³/mol. The van der Waals surface area contributed by atoms with Gasteiger partial charge in [0.25, 0.3) is 5.91 Å². The first-order valence-corrected chi connectivity index (χ1v) is 10.9. The van der Waals surface area contributed by atoms with Crippen molar-refractivity contribution in [1.29, 1.82) is 0 Å². The molecular formula is C23H21BrN2O3S. The zero-order chi connectivity index (χ0) is 21.5. The lowest BCUT2D eigenvalue weighted by atomic mass is 10.2. The number of thioether (sulfide) groups is 1. The van der Waals surface area contributed by atoms with Crippen LogP contribution in [0.1, 0.15) is 17.3 Å². The lowest BCUT2D eigenvalue weighted by Gasteiger charge is -2.13. The SMILES string of the molecule is COc1ccccc1NC(=O)c1ccc(NC(=O)C(C)Sc2ccc(Br)cc2)cc1. The summed E-state index contributed by atoms with van der Waals surface area (Å²) in [5.41, 5.74) is 1.72. The number of anilines is 2. The van der Waals surface area contributed by atoms with Gasteiger partial charge in [-0.1, -0.05) is 28.1 Å². The molecule has 0 saturated heterocycles. The van der Waals surface area contributed by atoms with Crippen molar-refractivity contribution >= 4 is 50.9 Å². The van der Waals surface area contributed by atoms with Crippen molar-refractivity contribution in [3.63, 3.8) is 0 Å². The van der Waals surface area contributed by atoms with Crippen molar-refractivity contribution in [3.8, 4) is 5.75 Å². The highest BCUT2D eigenvalue weighted by Crippen LogP contribution is 2.26. The van der Waals surface area contributed by atoms with Crippen LogP contribution in [0.2, 0.25) is 0 Å². The van der Waals surface area contributed by atoms with Gasteiger partial charge in [0.05, 0.1) is 18.0 Å². The lowest BCUT2D eigenvalue weighted by Crippen LogP contribution is -2.22. The average Bonchev–Trinajstić information content (AvgIpc) is 2.76. The van der Waals surface area contributed by atoms with Crippen LogP contribution in [0.5, 0.6) is 5.75 Å². The van der Waals surface area contributed by atoms with Crippen LogP contribution in [0, 0.1) is 0 Å². The van der Waals surface area contributed by atoms with E-state index >= 15 is 0 Å². The van der Waals surface area contributed by atoms with Crippen LogP contribution in [0.4, 0.5) is 11.4 Å². The van der Waals surface area contributed by atoms with E-state index in [1.165, 1.54) is 11.8 Å². The normalized spacial score (nSPS) is 11.4. The van der Waals surface area contributed by atoms with Gasteiger partial charge in [0, 0.05) is 20.6 Å². The fourth-order valence-corrected chi connectivity index (χ4v) is 3.79. The van der Waals surface area contributed by atoms with Crippen LogP contribution in [0.15, 0.2) is 82.2 Å². The first kappa shape index (κ1) is 21.9. The molecule has 3 rings (SSSR count). The van der Waals surface area contributed by atoms with Gasteiger partial charge in [-0.3, -0.25) is 9.59 Å². The molecule has 0 heterocycles. The Morgan fingerprint density at radius 2 is 1.60 bits per heavy atom. The summed E-state index contributed by atoms with van der Waals surface area (Å²) in [5, 5.41) is 5.45. The molecule has 2 amide bonds. The van der Waals surface area contributed by atoms with E-state index in [4.69, 9.17) is 4.74 Å². The summed E-state index contributed by atoms with van der Waals surface area (Å²) < 4.78 is 6.25. The third kappa shape index (κ3) is 5.87. The molecule has 0 aliphatic heterocycles. The number of methoxy groups -OCH3 is 1. The molecule has 3 aromatic carbocycles. The van der Waals surface area contributed by atoms with Gasteiger partial charge in [-0.25, -0.2) is 0 Å². The molecule has 5 nitrogen and oxygen atoms in total. The Kier molecular flexibility index (Phi) is 7.54. The van der Waals surface area contributed by atoms with Crippen molar-refractivity contribution in [2.24, 2.45) is 0 Å². The van der Waals surface area contributed by atoms with Crippen LogP contribution in [0.25, 0.3) is 0 Å². The van der Waals surface area contributed by atoms with E-state index in [-0.39, 0.29) is 17.1 Å². The number of carbonyl (C=O) groups excluding carboxylic acids is 2. The summed E-state index contributed by atoms with van der Waals surface area (Å²) >= 11 is 4.89. The summed E-state index contributed by atoms with van der Waals surface area (Å²) in [6, 6.07) is 21.8. The zero-order valence-electron chi connectivity index (χ0n) is 16.5. The second kappa shape index (κ2) is 10.3. The second-order valence-corrected chi connectivity index (χ2v) is 8.76. The molecule has 0 aromatic heterocycles. The van der Waals surface area contributed by atoms with E-state index < -0.39 is 0 Å². The molecule has 0 saturated carbocycles. The largest absolute Gasteiger partial charge is 0.495 e. The van der Waals surface area contributed by atoms with Gasteiger partial charge < -0.3 is 15.4 Å². The summed E-state index contributed by atoms with van der Waals surface area (Å²) in [5.74, 6) is 0.234. The van der Waals surface area contributed by atoms with E-state index in [1.54, 1.807) is 43.5 Å².